The average molecular weight is 317 g/mol. The van der Waals surface area contributed by atoms with Gasteiger partial charge in [0.1, 0.15) is 5.82 Å². The number of likely N-dealkylation sites (tertiary alicyclic amines) is 1. The van der Waals surface area contributed by atoms with Crippen LogP contribution in [0.5, 0.6) is 0 Å². The van der Waals surface area contributed by atoms with Crippen molar-refractivity contribution in [2.24, 2.45) is 0 Å². The van der Waals surface area contributed by atoms with E-state index in [0.29, 0.717) is 12.5 Å². The molecule has 1 atom stereocenters. The molecule has 1 aliphatic heterocycles. The van der Waals surface area contributed by atoms with Gasteiger partial charge in [-0.15, -0.1) is 0 Å². The first-order chi connectivity index (χ1) is 11.2. The van der Waals surface area contributed by atoms with Crippen molar-refractivity contribution in [3.8, 4) is 0 Å². The lowest BCUT2D eigenvalue weighted by Crippen LogP contribution is -2.35. The van der Waals surface area contributed by atoms with Gasteiger partial charge >= 0.3 is 0 Å². The molecule has 0 aliphatic carbocycles. The van der Waals surface area contributed by atoms with Gasteiger partial charge in [0.15, 0.2) is 0 Å². The van der Waals surface area contributed by atoms with Gasteiger partial charge in [-0.2, -0.15) is 5.10 Å². The van der Waals surface area contributed by atoms with Crippen LogP contribution in [0.15, 0.2) is 36.5 Å². The minimum absolute atomic E-state index is 0.0968. The van der Waals surface area contributed by atoms with Gasteiger partial charge in [-0.1, -0.05) is 18.2 Å². The zero-order valence-corrected chi connectivity index (χ0v) is 13.5. The Kier molecular flexibility index (Phi) is 5.08. The van der Waals surface area contributed by atoms with Gasteiger partial charge in [-0.3, -0.25) is 9.58 Å². The summed E-state index contributed by atoms with van der Waals surface area (Å²) in [6.45, 7) is 4.63. The molecule has 1 saturated heterocycles. The summed E-state index contributed by atoms with van der Waals surface area (Å²) in [7, 11) is 0. The maximum Gasteiger partial charge on any atom is 0.127 e. The Bertz CT molecular complexity index is 635. The fourth-order valence-corrected chi connectivity index (χ4v) is 3.56. The van der Waals surface area contributed by atoms with Crippen molar-refractivity contribution in [3.63, 3.8) is 0 Å². The summed E-state index contributed by atoms with van der Waals surface area (Å²) in [4.78, 5) is 2.35. The highest BCUT2D eigenvalue weighted by molar-refractivity contribution is 5.21. The number of aromatic nitrogens is 2. The van der Waals surface area contributed by atoms with E-state index >= 15 is 0 Å². The van der Waals surface area contributed by atoms with Crippen LogP contribution < -0.4 is 0 Å². The minimum Gasteiger partial charge on any atom is -0.394 e. The van der Waals surface area contributed by atoms with Gasteiger partial charge in [0, 0.05) is 29.4 Å². The standard InChI is InChI=1S/C18H24FN3O/c1-14(16-4-2-3-5-17(16)19)21-10-7-15(8-11-21)18-6-9-20-22(18)12-13-23/h2-6,9,14-15,23H,7-8,10-13H2,1H3. The van der Waals surface area contributed by atoms with E-state index in [1.807, 2.05) is 16.8 Å². The molecule has 0 radical (unpaired) electrons. The summed E-state index contributed by atoms with van der Waals surface area (Å²) in [5, 5.41) is 13.4. The van der Waals surface area contributed by atoms with E-state index in [1.165, 1.54) is 11.8 Å². The van der Waals surface area contributed by atoms with Gasteiger partial charge in [0.05, 0.1) is 13.2 Å². The van der Waals surface area contributed by atoms with Crippen molar-refractivity contribution in [1.82, 2.24) is 14.7 Å². The van der Waals surface area contributed by atoms with Gasteiger partial charge in [-0.05, 0) is 45.0 Å². The lowest BCUT2D eigenvalue weighted by atomic mass is 9.91. The Balaban J connectivity index is 1.64. The highest BCUT2D eigenvalue weighted by atomic mass is 19.1. The maximum atomic E-state index is 14.0. The Morgan fingerprint density at radius 1 is 1.26 bits per heavy atom. The van der Waals surface area contributed by atoms with E-state index in [-0.39, 0.29) is 18.5 Å². The molecule has 5 heteroatoms. The van der Waals surface area contributed by atoms with E-state index < -0.39 is 0 Å². The Morgan fingerprint density at radius 3 is 2.70 bits per heavy atom. The number of aliphatic hydroxyl groups excluding tert-OH is 1. The lowest BCUT2D eigenvalue weighted by molar-refractivity contribution is 0.156. The van der Waals surface area contributed by atoms with E-state index in [2.05, 4.69) is 23.0 Å². The molecule has 3 rings (SSSR count). The first-order valence-electron chi connectivity index (χ1n) is 8.31. The zero-order valence-electron chi connectivity index (χ0n) is 13.5. The molecular formula is C18H24FN3O. The second-order valence-corrected chi connectivity index (χ2v) is 6.21. The highest BCUT2D eigenvalue weighted by Crippen LogP contribution is 2.32. The second-order valence-electron chi connectivity index (χ2n) is 6.21. The molecule has 0 spiro atoms. The fraction of sp³-hybridized carbons (Fsp3) is 0.500. The van der Waals surface area contributed by atoms with Crippen LogP contribution in [0, 0.1) is 5.82 Å². The first-order valence-corrected chi connectivity index (χ1v) is 8.31. The van der Waals surface area contributed by atoms with Gasteiger partial charge in [0.2, 0.25) is 0 Å². The molecule has 2 heterocycles. The van der Waals surface area contributed by atoms with Gasteiger partial charge in [0.25, 0.3) is 0 Å². The fourth-order valence-electron chi connectivity index (χ4n) is 3.56. The van der Waals surface area contributed by atoms with Crippen LogP contribution in [0.3, 0.4) is 0 Å². The number of hydrogen-bond acceptors (Lipinski definition) is 3. The summed E-state index contributed by atoms with van der Waals surface area (Å²) < 4.78 is 15.9. The summed E-state index contributed by atoms with van der Waals surface area (Å²) in [6.07, 6.45) is 3.88. The molecule has 1 unspecified atom stereocenters. The quantitative estimate of drug-likeness (QED) is 0.922. The predicted molar refractivity (Wildman–Crippen MR) is 87.7 cm³/mol. The van der Waals surface area contributed by atoms with Crippen LogP contribution >= 0.6 is 0 Å². The molecule has 1 aromatic heterocycles. The molecule has 124 valence electrons. The topological polar surface area (TPSA) is 41.3 Å². The van der Waals surface area contributed by atoms with Crippen LogP contribution in [-0.2, 0) is 6.54 Å². The first kappa shape index (κ1) is 16.1. The number of hydrogen-bond donors (Lipinski definition) is 1. The summed E-state index contributed by atoms with van der Waals surface area (Å²) >= 11 is 0. The number of nitrogens with zero attached hydrogens (tertiary/aromatic N) is 3. The van der Waals surface area contributed by atoms with Crippen molar-refractivity contribution in [3.05, 3.63) is 53.6 Å². The van der Waals surface area contributed by atoms with Crippen LogP contribution in [-0.4, -0.2) is 39.5 Å². The van der Waals surface area contributed by atoms with E-state index in [0.717, 1.165) is 31.5 Å². The van der Waals surface area contributed by atoms with Crippen molar-refractivity contribution < 1.29 is 9.50 Å². The third kappa shape index (κ3) is 3.46. The van der Waals surface area contributed by atoms with E-state index in [4.69, 9.17) is 5.11 Å². The molecule has 1 aromatic carbocycles. The van der Waals surface area contributed by atoms with Gasteiger partial charge in [-0.25, -0.2) is 4.39 Å². The Morgan fingerprint density at radius 2 is 2.00 bits per heavy atom. The summed E-state index contributed by atoms with van der Waals surface area (Å²) in [5.74, 6) is 0.344. The molecular weight excluding hydrogens is 293 g/mol. The third-order valence-corrected chi connectivity index (χ3v) is 4.91. The normalized spacial score (nSPS) is 18.2. The van der Waals surface area contributed by atoms with Crippen molar-refractivity contribution in [1.29, 1.82) is 0 Å². The average Bonchev–Trinajstić information content (AvgIpc) is 3.03. The van der Waals surface area contributed by atoms with Crippen LogP contribution in [0.1, 0.15) is 43.0 Å². The monoisotopic (exact) mass is 317 g/mol. The highest BCUT2D eigenvalue weighted by Gasteiger charge is 2.27. The van der Waals surface area contributed by atoms with E-state index in [1.54, 1.807) is 12.3 Å². The summed E-state index contributed by atoms with van der Waals surface area (Å²) in [5.41, 5.74) is 1.98. The van der Waals surface area contributed by atoms with Gasteiger partial charge < -0.3 is 5.11 Å². The molecule has 1 aliphatic rings. The minimum atomic E-state index is -0.122. The van der Waals surface area contributed by atoms with Crippen molar-refractivity contribution in [2.45, 2.75) is 38.3 Å². The molecule has 0 bridgehead atoms. The number of aliphatic hydroxyl groups is 1. The molecule has 1 N–H and O–H groups in total. The smallest absolute Gasteiger partial charge is 0.127 e. The number of rotatable bonds is 5. The van der Waals surface area contributed by atoms with E-state index in [9.17, 15) is 4.39 Å². The number of benzene rings is 1. The number of halogens is 1. The molecule has 0 saturated carbocycles. The number of piperidine rings is 1. The van der Waals surface area contributed by atoms with Crippen LogP contribution in [0.2, 0.25) is 0 Å². The van der Waals surface area contributed by atoms with Crippen LogP contribution in [0.25, 0.3) is 0 Å². The largest absolute Gasteiger partial charge is 0.394 e. The third-order valence-electron chi connectivity index (χ3n) is 4.91. The van der Waals surface area contributed by atoms with Crippen LogP contribution in [0.4, 0.5) is 4.39 Å². The molecule has 4 nitrogen and oxygen atoms in total. The molecule has 0 amide bonds. The lowest BCUT2D eigenvalue weighted by Gasteiger charge is -2.36. The zero-order chi connectivity index (χ0) is 16.2. The Labute approximate surface area is 136 Å². The Hall–Kier alpha value is -1.72. The summed E-state index contributed by atoms with van der Waals surface area (Å²) in [6, 6.07) is 9.19. The van der Waals surface area contributed by atoms with Crippen molar-refractivity contribution >= 4 is 0 Å². The maximum absolute atomic E-state index is 14.0. The molecule has 1 fully saturated rings. The molecule has 23 heavy (non-hydrogen) atoms. The second kappa shape index (κ2) is 7.23. The SMILES string of the molecule is CC(c1ccccc1F)N1CCC(c2ccnn2CCO)CC1. The molecule has 2 aromatic rings. The van der Waals surface area contributed by atoms with Crippen molar-refractivity contribution in [2.75, 3.05) is 19.7 Å². The predicted octanol–water partition coefficient (Wildman–Crippen LogP) is 2.96.